The van der Waals surface area contributed by atoms with Crippen molar-refractivity contribution in [1.82, 2.24) is 0 Å². The predicted molar refractivity (Wildman–Crippen MR) is 51.1 cm³/mol. The molecule has 0 aliphatic carbocycles. The lowest BCUT2D eigenvalue weighted by atomic mass is 10.6. The van der Waals surface area contributed by atoms with Gasteiger partial charge >= 0.3 is 5.95 Å². The lowest BCUT2D eigenvalue weighted by Gasteiger charge is -2.21. The zero-order chi connectivity index (χ0) is 9.78. The summed E-state index contributed by atoms with van der Waals surface area (Å²) in [6.07, 6.45) is 0. The van der Waals surface area contributed by atoms with Crippen molar-refractivity contribution < 1.29 is 13.9 Å². The SMILES string of the molecule is CO/C(C)=C(\OC)O[Si](C)(C)C. The number of hydrogen-bond acceptors (Lipinski definition) is 3. The van der Waals surface area contributed by atoms with Crippen LogP contribution >= 0.6 is 0 Å². The normalized spacial score (nSPS) is 13.5. The van der Waals surface area contributed by atoms with Crippen LogP contribution in [0.1, 0.15) is 6.92 Å². The first-order chi connectivity index (χ1) is 5.40. The third-order valence-electron chi connectivity index (χ3n) is 1.18. The van der Waals surface area contributed by atoms with Crippen LogP contribution in [0.2, 0.25) is 19.6 Å². The fourth-order valence-corrected chi connectivity index (χ4v) is 1.40. The highest BCUT2D eigenvalue weighted by atomic mass is 28.4. The van der Waals surface area contributed by atoms with Gasteiger partial charge in [-0.1, -0.05) is 0 Å². The molecule has 0 aromatic rings. The van der Waals surface area contributed by atoms with E-state index in [2.05, 4.69) is 19.6 Å². The van der Waals surface area contributed by atoms with Crippen molar-refractivity contribution in [1.29, 1.82) is 0 Å². The molecule has 0 bridgehead atoms. The van der Waals surface area contributed by atoms with Crippen molar-refractivity contribution in [3.8, 4) is 0 Å². The van der Waals surface area contributed by atoms with Crippen molar-refractivity contribution in [3.05, 3.63) is 11.7 Å². The van der Waals surface area contributed by atoms with Crippen molar-refractivity contribution >= 4 is 8.32 Å². The monoisotopic (exact) mass is 190 g/mol. The van der Waals surface area contributed by atoms with Crippen LogP contribution < -0.4 is 0 Å². The van der Waals surface area contributed by atoms with Crippen LogP contribution in [0.15, 0.2) is 11.7 Å². The van der Waals surface area contributed by atoms with Gasteiger partial charge in [0, 0.05) is 6.92 Å². The van der Waals surface area contributed by atoms with E-state index < -0.39 is 8.32 Å². The molecule has 3 nitrogen and oxygen atoms in total. The van der Waals surface area contributed by atoms with Crippen molar-refractivity contribution in [2.24, 2.45) is 0 Å². The van der Waals surface area contributed by atoms with E-state index in [-0.39, 0.29) is 0 Å². The molecular formula is C8H18O3Si. The Balaban J connectivity index is 4.38. The molecule has 0 saturated carbocycles. The molecular weight excluding hydrogens is 172 g/mol. The Hall–Kier alpha value is -0.643. The van der Waals surface area contributed by atoms with Gasteiger partial charge in [0.15, 0.2) is 5.76 Å². The van der Waals surface area contributed by atoms with Gasteiger partial charge in [-0.3, -0.25) is 0 Å². The number of methoxy groups -OCH3 is 2. The summed E-state index contributed by atoms with van der Waals surface area (Å²) in [6.45, 7) is 8.10. The topological polar surface area (TPSA) is 27.7 Å². The largest absolute Gasteiger partial charge is 0.517 e. The third kappa shape index (κ3) is 4.28. The van der Waals surface area contributed by atoms with E-state index in [1.54, 1.807) is 14.2 Å². The molecule has 0 saturated heterocycles. The van der Waals surface area contributed by atoms with Gasteiger partial charge in [0.2, 0.25) is 8.32 Å². The van der Waals surface area contributed by atoms with E-state index in [9.17, 15) is 0 Å². The van der Waals surface area contributed by atoms with E-state index in [4.69, 9.17) is 13.9 Å². The molecule has 0 radical (unpaired) electrons. The summed E-state index contributed by atoms with van der Waals surface area (Å²) in [5.74, 6) is 1.18. The molecule has 0 aliphatic rings. The van der Waals surface area contributed by atoms with Gasteiger partial charge in [0.05, 0.1) is 14.2 Å². The van der Waals surface area contributed by atoms with Crippen LogP contribution in [0.4, 0.5) is 0 Å². The average molecular weight is 190 g/mol. The van der Waals surface area contributed by atoms with Gasteiger partial charge in [-0.05, 0) is 19.6 Å². The van der Waals surface area contributed by atoms with Gasteiger partial charge in [-0.25, -0.2) is 0 Å². The quantitative estimate of drug-likeness (QED) is 0.503. The van der Waals surface area contributed by atoms with E-state index in [1.165, 1.54) is 0 Å². The second-order valence-electron chi connectivity index (χ2n) is 3.47. The maximum Gasteiger partial charge on any atom is 0.304 e. The smallest absolute Gasteiger partial charge is 0.304 e. The fourth-order valence-electron chi connectivity index (χ4n) is 0.619. The van der Waals surface area contributed by atoms with Gasteiger partial charge < -0.3 is 13.9 Å². The molecule has 0 spiro atoms. The molecule has 0 atom stereocenters. The molecule has 4 heteroatoms. The minimum Gasteiger partial charge on any atom is -0.517 e. The summed E-state index contributed by atoms with van der Waals surface area (Å²) < 4.78 is 15.7. The number of ether oxygens (including phenoxy) is 2. The predicted octanol–water partition coefficient (Wildman–Crippen LogP) is 2.32. The Kier molecular flexibility index (Phi) is 4.16. The van der Waals surface area contributed by atoms with Crippen LogP contribution in [0.3, 0.4) is 0 Å². The van der Waals surface area contributed by atoms with Crippen LogP contribution in [0.25, 0.3) is 0 Å². The fraction of sp³-hybridized carbons (Fsp3) is 0.750. The Morgan fingerprint density at radius 1 is 1.00 bits per heavy atom. The minimum absolute atomic E-state index is 0.497. The Morgan fingerprint density at radius 2 is 1.50 bits per heavy atom. The first-order valence-electron chi connectivity index (χ1n) is 3.88. The Morgan fingerprint density at radius 3 is 1.75 bits per heavy atom. The van der Waals surface area contributed by atoms with E-state index in [0.29, 0.717) is 11.7 Å². The molecule has 0 amide bonds. The maximum absolute atomic E-state index is 5.61. The molecule has 0 aromatic heterocycles. The van der Waals surface area contributed by atoms with Gasteiger partial charge in [-0.2, -0.15) is 0 Å². The number of allylic oxidation sites excluding steroid dienone is 1. The van der Waals surface area contributed by atoms with Crippen molar-refractivity contribution in [2.45, 2.75) is 26.6 Å². The zero-order valence-corrected chi connectivity index (χ0v) is 9.72. The summed E-state index contributed by atoms with van der Waals surface area (Å²) >= 11 is 0. The first-order valence-corrected chi connectivity index (χ1v) is 7.29. The third-order valence-corrected chi connectivity index (χ3v) is 1.98. The summed E-state index contributed by atoms with van der Waals surface area (Å²) in [6, 6.07) is 0. The summed E-state index contributed by atoms with van der Waals surface area (Å²) in [4.78, 5) is 0. The molecule has 0 heterocycles. The molecule has 0 N–H and O–H groups in total. The van der Waals surface area contributed by atoms with Crippen molar-refractivity contribution in [3.63, 3.8) is 0 Å². The molecule has 0 aromatic carbocycles. The van der Waals surface area contributed by atoms with Crippen molar-refractivity contribution in [2.75, 3.05) is 14.2 Å². The maximum atomic E-state index is 5.61. The molecule has 0 rings (SSSR count). The molecule has 12 heavy (non-hydrogen) atoms. The second-order valence-corrected chi connectivity index (χ2v) is 7.90. The van der Waals surface area contributed by atoms with Crippen LogP contribution in [-0.4, -0.2) is 22.5 Å². The van der Waals surface area contributed by atoms with Crippen LogP contribution in [0, 0.1) is 0 Å². The molecule has 72 valence electrons. The van der Waals surface area contributed by atoms with Gasteiger partial charge in [0.25, 0.3) is 0 Å². The lowest BCUT2D eigenvalue weighted by molar-refractivity contribution is 0.113. The van der Waals surface area contributed by atoms with Gasteiger partial charge in [-0.15, -0.1) is 0 Å². The van der Waals surface area contributed by atoms with Crippen LogP contribution in [-0.2, 0) is 13.9 Å². The number of rotatable bonds is 4. The highest BCUT2D eigenvalue weighted by Gasteiger charge is 2.19. The molecule has 0 fully saturated rings. The molecule has 0 unspecified atom stereocenters. The molecule has 0 aliphatic heterocycles. The van der Waals surface area contributed by atoms with E-state index >= 15 is 0 Å². The highest BCUT2D eigenvalue weighted by Crippen LogP contribution is 2.14. The van der Waals surface area contributed by atoms with E-state index in [1.807, 2.05) is 6.92 Å². The summed E-state index contributed by atoms with van der Waals surface area (Å²) in [7, 11) is 1.60. The Labute approximate surface area is 75.4 Å². The van der Waals surface area contributed by atoms with Gasteiger partial charge in [0.1, 0.15) is 0 Å². The lowest BCUT2D eigenvalue weighted by Crippen LogP contribution is -2.26. The van der Waals surface area contributed by atoms with E-state index in [0.717, 1.165) is 0 Å². The standard InChI is InChI=1S/C8H18O3Si/c1-7(9-2)8(10-3)11-12(4,5)6/h1-6H3/b8-7+. The number of hydrogen-bond donors (Lipinski definition) is 0. The minimum atomic E-state index is -1.58. The second kappa shape index (κ2) is 4.40. The average Bonchev–Trinajstić information content (AvgIpc) is 1.97. The first kappa shape index (κ1) is 11.4. The summed E-state index contributed by atoms with van der Waals surface area (Å²) in [5.41, 5.74) is 0. The summed E-state index contributed by atoms with van der Waals surface area (Å²) in [5, 5.41) is 0. The highest BCUT2D eigenvalue weighted by molar-refractivity contribution is 6.70. The van der Waals surface area contributed by atoms with Crippen LogP contribution in [0.5, 0.6) is 0 Å². The zero-order valence-electron chi connectivity index (χ0n) is 8.72. The Bertz CT molecular complexity index is 170.